The van der Waals surface area contributed by atoms with E-state index in [1.165, 1.54) is 14.7 Å². The van der Waals surface area contributed by atoms with Crippen molar-refractivity contribution in [1.82, 2.24) is 4.31 Å². The minimum Gasteiger partial charge on any atom is -0.369 e. The van der Waals surface area contributed by atoms with E-state index in [1.807, 2.05) is 5.38 Å². The number of halogens is 2. The third kappa shape index (κ3) is 2.81. The molecule has 0 saturated carbocycles. The van der Waals surface area contributed by atoms with Crippen molar-refractivity contribution in [2.24, 2.45) is 0 Å². The molecule has 4 nitrogen and oxygen atoms in total. The summed E-state index contributed by atoms with van der Waals surface area (Å²) in [7, 11) is -3.99. The van der Waals surface area contributed by atoms with Crippen LogP contribution >= 0.6 is 11.3 Å². The summed E-state index contributed by atoms with van der Waals surface area (Å²) in [6.45, 7) is 1.12. The summed E-state index contributed by atoms with van der Waals surface area (Å²) in [4.78, 5) is 0.704. The molecular weight excluding hydrogens is 368 g/mol. The molecule has 1 aromatic carbocycles. The van der Waals surface area contributed by atoms with Gasteiger partial charge in [-0.3, -0.25) is 0 Å². The monoisotopic (exact) mass is 385 g/mol. The van der Waals surface area contributed by atoms with Crippen LogP contribution in [0.25, 0.3) is 0 Å². The van der Waals surface area contributed by atoms with Crippen LogP contribution in [0, 0.1) is 11.6 Å². The number of nitrogens with zero attached hydrogens (tertiary/aromatic N) is 1. The number of sulfonamides is 1. The Balaban J connectivity index is 1.58. The highest BCUT2D eigenvalue weighted by atomic mass is 32.2. The Kier molecular flexibility index (Phi) is 4.18. The van der Waals surface area contributed by atoms with E-state index < -0.39 is 32.2 Å². The Labute approximate surface area is 149 Å². The maximum absolute atomic E-state index is 13.9. The lowest BCUT2D eigenvalue weighted by molar-refractivity contribution is -0.0862. The summed E-state index contributed by atoms with van der Waals surface area (Å²) < 4.78 is 59.7. The highest BCUT2D eigenvalue weighted by molar-refractivity contribution is 7.89. The fraction of sp³-hybridized carbons (Fsp3) is 0.412. The summed E-state index contributed by atoms with van der Waals surface area (Å²) in [5, 5.41) is 2.04. The molecule has 8 heteroatoms. The fourth-order valence-electron chi connectivity index (χ4n) is 3.64. The standard InChI is InChI=1S/C17H17F2NO3S2/c18-13-1-2-15(14(19)11-13)25(21,22)20-7-5-17(6-8-20)16-12(3-9-23-17)4-10-24-16/h1-2,4,10-11H,3,5-9H2. The second-order valence-corrected chi connectivity index (χ2v) is 9.17. The zero-order chi connectivity index (χ0) is 17.7. The molecule has 0 unspecified atom stereocenters. The zero-order valence-electron chi connectivity index (χ0n) is 13.4. The Bertz CT molecular complexity index is 902. The lowest BCUT2D eigenvalue weighted by Crippen LogP contribution is -2.47. The van der Waals surface area contributed by atoms with Crippen LogP contribution in [0.2, 0.25) is 0 Å². The second kappa shape index (κ2) is 6.12. The molecule has 3 heterocycles. The van der Waals surface area contributed by atoms with E-state index in [1.54, 1.807) is 11.3 Å². The number of benzene rings is 1. The predicted octanol–water partition coefficient (Wildman–Crippen LogP) is 3.28. The van der Waals surface area contributed by atoms with Gasteiger partial charge in [0.25, 0.3) is 0 Å². The van der Waals surface area contributed by atoms with Crippen molar-refractivity contribution < 1.29 is 21.9 Å². The van der Waals surface area contributed by atoms with Gasteiger partial charge in [0.05, 0.1) is 6.61 Å². The minimum absolute atomic E-state index is 0.247. The molecule has 1 aromatic heterocycles. The molecule has 2 aliphatic rings. The molecule has 1 spiro atoms. The highest BCUT2D eigenvalue weighted by Crippen LogP contribution is 2.44. The Morgan fingerprint density at radius 3 is 2.64 bits per heavy atom. The van der Waals surface area contributed by atoms with E-state index in [0.29, 0.717) is 25.5 Å². The van der Waals surface area contributed by atoms with Crippen LogP contribution in [-0.4, -0.2) is 32.4 Å². The summed E-state index contributed by atoms with van der Waals surface area (Å²) in [6.07, 6.45) is 1.94. The third-order valence-electron chi connectivity index (χ3n) is 4.95. The summed E-state index contributed by atoms with van der Waals surface area (Å²) in [6, 6.07) is 4.64. The number of hydrogen-bond donors (Lipinski definition) is 0. The lowest BCUT2D eigenvalue weighted by atomic mass is 9.86. The van der Waals surface area contributed by atoms with Crippen molar-refractivity contribution in [2.75, 3.05) is 19.7 Å². The molecule has 2 aliphatic heterocycles. The van der Waals surface area contributed by atoms with Crippen molar-refractivity contribution in [2.45, 2.75) is 29.8 Å². The SMILES string of the molecule is O=S(=O)(c1ccc(F)cc1F)N1CCC2(CC1)OCCc1ccsc12. The summed E-state index contributed by atoms with van der Waals surface area (Å²) in [5.74, 6) is -1.86. The van der Waals surface area contributed by atoms with Crippen LogP contribution < -0.4 is 0 Å². The first kappa shape index (κ1) is 17.1. The van der Waals surface area contributed by atoms with Gasteiger partial charge >= 0.3 is 0 Å². The summed E-state index contributed by atoms with van der Waals surface area (Å²) in [5.41, 5.74) is 0.840. The molecule has 0 amide bonds. The Morgan fingerprint density at radius 1 is 1.16 bits per heavy atom. The molecule has 0 bridgehead atoms. The van der Waals surface area contributed by atoms with Gasteiger partial charge in [0, 0.05) is 24.0 Å². The third-order valence-corrected chi connectivity index (χ3v) is 8.03. The number of rotatable bonds is 2. The van der Waals surface area contributed by atoms with E-state index in [4.69, 9.17) is 4.74 Å². The average Bonchev–Trinajstić information content (AvgIpc) is 3.05. The van der Waals surface area contributed by atoms with E-state index in [-0.39, 0.29) is 13.1 Å². The minimum atomic E-state index is -3.99. The average molecular weight is 385 g/mol. The lowest BCUT2D eigenvalue weighted by Gasteiger charge is -2.43. The molecular formula is C17H17F2NO3S2. The van der Waals surface area contributed by atoms with Gasteiger partial charge in [0.1, 0.15) is 22.1 Å². The first-order valence-electron chi connectivity index (χ1n) is 8.08. The normalized spacial score (nSPS) is 20.6. The van der Waals surface area contributed by atoms with E-state index in [9.17, 15) is 17.2 Å². The Morgan fingerprint density at radius 2 is 1.92 bits per heavy atom. The highest BCUT2D eigenvalue weighted by Gasteiger charge is 2.44. The van der Waals surface area contributed by atoms with Gasteiger partial charge in [0.15, 0.2) is 0 Å². The number of fused-ring (bicyclic) bond motifs is 2. The first-order chi connectivity index (χ1) is 11.9. The first-order valence-corrected chi connectivity index (χ1v) is 10.4. The predicted molar refractivity (Wildman–Crippen MR) is 90.0 cm³/mol. The molecule has 1 fully saturated rings. The van der Waals surface area contributed by atoms with Crippen LogP contribution in [-0.2, 0) is 26.8 Å². The van der Waals surface area contributed by atoms with Crippen LogP contribution in [0.15, 0.2) is 34.5 Å². The fourth-order valence-corrected chi connectivity index (χ4v) is 6.29. The van der Waals surface area contributed by atoms with Gasteiger partial charge in [-0.2, -0.15) is 4.31 Å². The molecule has 2 aromatic rings. The topological polar surface area (TPSA) is 46.6 Å². The van der Waals surface area contributed by atoms with Crippen molar-refractivity contribution in [1.29, 1.82) is 0 Å². The number of ether oxygens (including phenoxy) is 1. The molecule has 0 radical (unpaired) electrons. The van der Waals surface area contributed by atoms with E-state index in [0.717, 1.165) is 18.6 Å². The van der Waals surface area contributed by atoms with Gasteiger partial charge in [-0.15, -0.1) is 11.3 Å². The number of thiophene rings is 1. The van der Waals surface area contributed by atoms with Crippen molar-refractivity contribution in [3.05, 3.63) is 51.7 Å². The van der Waals surface area contributed by atoms with Crippen LogP contribution in [0.3, 0.4) is 0 Å². The van der Waals surface area contributed by atoms with E-state index >= 15 is 0 Å². The van der Waals surface area contributed by atoms with Gasteiger partial charge in [-0.1, -0.05) is 0 Å². The van der Waals surface area contributed by atoms with Crippen molar-refractivity contribution in [3.63, 3.8) is 0 Å². The maximum atomic E-state index is 13.9. The molecule has 134 valence electrons. The van der Waals surface area contributed by atoms with Crippen LogP contribution in [0.1, 0.15) is 23.3 Å². The molecule has 25 heavy (non-hydrogen) atoms. The van der Waals surface area contributed by atoms with Crippen LogP contribution in [0.4, 0.5) is 8.78 Å². The van der Waals surface area contributed by atoms with Gasteiger partial charge < -0.3 is 4.74 Å². The van der Waals surface area contributed by atoms with Crippen molar-refractivity contribution >= 4 is 21.4 Å². The van der Waals surface area contributed by atoms with Crippen molar-refractivity contribution in [3.8, 4) is 0 Å². The molecule has 0 aliphatic carbocycles. The maximum Gasteiger partial charge on any atom is 0.245 e. The zero-order valence-corrected chi connectivity index (χ0v) is 15.0. The smallest absolute Gasteiger partial charge is 0.245 e. The van der Waals surface area contributed by atoms with Gasteiger partial charge in [-0.05, 0) is 48.4 Å². The largest absolute Gasteiger partial charge is 0.369 e. The van der Waals surface area contributed by atoms with Crippen LogP contribution in [0.5, 0.6) is 0 Å². The molecule has 1 saturated heterocycles. The molecule has 0 atom stereocenters. The molecule has 4 rings (SSSR count). The van der Waals surface area contributed by atoms with E-state index in [2.05, 4.69) is 6.07 Å². The van der Waals surface area contributed by atoms with Gasteiger partial charge in [0.2, 0.25) is 10.0 Å². The number of hydrogen-bond acceptors (Lipinski definition) is 4. The second-order valence-electron chi connectivity index (χ2n) is 6.35. The summed E-state index contributed by atoms with van der Waals surface area (Å²) >= 11 is 1.65. The quantitative estimate of drug-likeness (QED) is 0.797. The Hall–Kier alpha value is -1.35. The number of piperidine rings is 1. The van der Waals surface area contributed by atoms with Gasteiger partial charge in [-0.25, -0.2) is 17.2 Å². The molecule has 0 N–H and O–H groups in total.